The second-order valence-electron chi connectivity index (χ2n) is 3.40. The van der Waals surface area contributed by atoms with E-state index in [2.05, 4.69) is 4.98 Å². The lowest BCUT2D eigenvalue weighted by Gasteiger charge is -2.10. The van der Waals surface area contributed by atoms with Gasteiger partial charge in [0.25, 0.3) is 0 Å². The van der Waals surface area contributed by atoms with Gasteiger partial charge in [0.2, 0.25) is 0 Å². The van der Waals surface area contributed by atoms with E-state index in [1.165, 1.54) is 6.26 Å². The molecule has 0 unspecified atom stereocenters. The average molecular weight is 198 g/mol. The summed E-state index contributed by atoms with van der Waals surface area (Å²) in [5.41, 5.74) is 0.907. The fourth-order valence-electron chi connectivity index (χ4n) is 1.17. The van der Waals surface area contributed by atoms with E-state index in [-0.39, 0.29) is 5.92 Å². The Kier molecular flexibility index (Phi) is 2.71. The van der Waals surface area contributed by atoms with Gasteiger partial charge in [0, 0.05) is 12.5 Å². The highest BCUT2D eigenvalue weighted by atomic mass is 32.2. The maximum Gasteiger partial charge on any atom is 0.138 e. The molecule has 1 rings (SSSR count). The van der Waals surface area contributed by atoms with E-state index in [1.54, 1.807) is 6.20 Å². The van der Waals surface area contributed by atoms with E-state index in [0.717, 1.165) is 5.56 Å². The van der Waals surface area contributed by atoms with E-state index in [1.807, 2.05) is 26.0 Å². The van der Waals surface area contributed by atoms with Crippen molar-refractivity contribution in [3.63, 3.8) is 0 Å². The lowest BCUT2D eigenvalue weighted by molar-refractivity contribution is 0.671. The monoisotopic (exact) mass is 198 g/mol. The van der Waals surface area contributed by atoms with E-state index in [4.69, 9.17) is 4.78 Å². The third-order valence-electron chi connectivity index (χ3n) is 1.79. The zero-order chi connectivity index (χ0) is 10.1. The summed E-state index contributed by atoms with van der Waals surface area (Å²) in [6, 6.07) is 3.69. The van der Waals surface area contributed by atoms with Crippen LogP contribution in [0.15, 0.2) is 23.4 Å². The molecule has 0 fully saturated rings. The molecule has 4 heteroatoms. The van der Waals surface area contributed by atoms with Gasteiger partial charge in [-0.05, 0) is 17.5 Å². The van der Waals surface area contributed by atoms with Gasteiger partial charge in [0.15, 0.2) is 0 Å². The zero-order valence-corrected chi connectivity index (χ0v) is 8.89. The minimum atomic E-state index is -2.69. The molecule has 1 N–H and O–H groups in total. The fraction of sp³-hybridized carbons (Fsp3) is 0.444. The predicted octanol–water partition coefficient (Wildman–Crippen LogP) is 2.24. The van der Waals surface area contributed by atoms with Gasteiger partial charge in [-0.3, -0.25) is 0 Å². The maximum atomic E-state index is 11.5. The molecule has 1 aromatic rings. The Morgan fingerprint density at radius 3 is 2.54 bits per heavy atom. The molecular formula is C9H14N2OS. The lowest BCUT2D eigenvalue weighted by atomic mass is 10.1. The van der Waals surface area contributed by atoms with Crippen molar-refractivity contribution in [1.82, 2.24) is 4.98 Å². The summed E-state index contributed by atoms with van der Waals surface area (Å²) < 4.78 is 19.0. The molecule has 0 radical (unpaired) electrons. The molecule has 0 aliphatic rings. The number of rotatable bonds is 2. The molecule has 1 aromatic heterocycles. The largest absolute Gasteiger partial charge is 0.248 e. The van der Waals surface area contributed by atoms with Crippen LogP contribution in [0, 0.1) is 4.78 Å². The Morgan fingerprint density at radius 1 is 1.54 bits per heavy atom. The first-order valence-corrected chi connectivity index (χ1v) is 6.08. The summed E-state index contributed by atoms with van der Waals surface area (Å²) in [6.45, 7) is 4.01. The van der Waals surface area contributed by atoms with Crippen LogP contribution in [0.2, 0.25) is 0 Å². The predicted molar refractivity (Wildman–Crippen MR) is 53.4 cm³/mol. The number of nitrogens with zero attached hydrogens (tertiary/aromatic N) is 1. The Labute approximate surface area is 79.2 Å². The van der Waals surface area contributed by atoms with Crippen molar-refractivity contribution >= 4 is 9.73 Å². The minimum absolute atomic E-state index is 0.259. The van der Waals surface area contributed by atoms with Crippen molar-refractivity contribution < 1.29 is 4.21 Å². The highest BCUT2D eigenvalue weighted by Gasteiger charge is 2.13. The molecule has 3 nitrogen and oxygen atoms in total. The normalized spacial score (nSPS) is 15.7. The number of pyridine rings is 1. The molecule has 0 spiro atoms. The third-order valence-corrected chi connectivity index (χ3v) is 2.87. The molecule has 0 saturated carbocycles. The zero-order valence-electron chi connectivity index (χ0n) is 8.07. The van der Waals surface area contributed by atoms with Crippen molar-refractivity contribution in [1.29, 1.82) is 4.78 Å². The number of nitrogens with one attached hydrogen (secondary N) is 1. The standard InChI is InChI=1S/C9H14N2OS/c1-7(2)8-5-4-6-11-9(8)13(3,10)12/h4-7,10H,1-3H3/t13-/m0/s1. The van der Waals surface area contributed by atoms with E-state index >= 15 is 0 Å². The van der Waals surface area contributed by atoms with Crippen LogP contribution in [-0.2, 0) is 9.73 Å². The van der Waals surface area contributed by atoms with Gasteiger partial charge in [-0.2, -0.15) is 0 Å². The summed E-state index contributed by atoms with van der Waals surface area (Å²) in [4.78, 5) is 4.01. The molecule has 0 amide bonds. The van der Waals surface area contributed by atoms with Gasteiger partial charge in [-0.1, -0.05) is 19.9 Å². The lowest BCUT2D eigenvalue weighted by Crippen LogP contribution is -2.04. The molecule has 0 bridgehead atoms. The Bertz CT molecular complexity index is 396. The molecule has 13 heavy (non-hydrogen) atoms. The quantitative estimate of drug-likeness (QED) is 0.792. The molecule has 72 valence electrons. The minimum Gasteiger partial charge on any atom is -0.248 e. The first-order valence-electron chi connectivity index (χ1n) is 4.11. The molecule has 0 aliphatic heterocycles. The Balaban J connectivity index is 3.37. The van der Waals surface area contributed by atoms with Crippen LogP contribution in [0.25, 0.3) is 0 Å². The molecule has 1 heterocycles. The average Bonchev–Trinajstić information content (AvgIpc) is 2.03. The molecule has 1 atom stereocenters. The first-order chi connectivity index (χ1) is 5.93. The second-order valence-corrected chi connectivity index (χ2v) is 5.47. The van der Waals surface area contributed by atoms with Crippen LogP contribution in [0.1, 0.15) is 25.3 Å². The van der Waals surface area contributed by atoms with Crippen LogP contribution >= 0.6 is 0 Å². The maximum absolute atomic E-state index is 11.5. The van der Waals surface area contributed by atoms with Crippen LogP contribution in [0.4, 0.5) is 0 Å². The van der Waals surface area contributed by atoms with Crippen molar-refractivity contribution in [2.75, 3.05) is 6.26 Å². The van der Waals surface area contributed by atoms with E-state index in [9.17, 15) is 4.21 Å². The van der Waals surface area contributed by atoms with Crippen LogP contribution in [0.3, 0.4) is 0 Å². The van der Waals surface area contributed by atoms with Crippen molar-refractivity contribution in [3.05, 3.63) is 23.9 Å². The fourth-order valence-corrected chi connectivity index (χ4v) is 2.18. The highest BCUT2D eigenvalue weighted by molar-refractivity contribution is 7.91. The summed E-state index contributed by atoms with van der Waals surface area (Å²) in [6.07, 6.45) is 2.99. The number of aromatic nitrogens is 1. The summed E-state index contributed by atoms with van der Waals surface area (Å²) in [5, 5.41) is 0.421. The second kappa shape index (κ2) is 3.46. The smallest absolute Gasteiger partial charge is 0.138 e. The molecule has 0 aromatic carbocycles. The van der Waals surface area contributed by atoms with Crippen molar-refractivity contribution in [2.45, 2.75) is 24.8 Å². The van der Waals surface area contributed by atoms with Gasteiger partial charge in [-0.15, -0.1) is 0 Å². The topological polar surface area (TPSA) is 53.8 Å². The van der Waals surface area contributed by atoms with E-state index < -0.39 is 9.73 Å². The van der Waals surface area contributed by atoms with Crippen LogP contribution in [0.5, 0.6) is 0 Å². The van der Waals surface area contributed by atoms with Crippen molar-refractivity contribution in [2.24, 2.45) is 0 Å². The van der Waals surface area contributed by atoms with Crippen LogP contribution in [-0.4, -0.2) is 15.4 Å². The van der Waals surface area contributed by atoms with Gasteiger partial charge in [0.05, 0.1) is 9.73 Å². The summed E-state index contributed by atoms with van der Waals surface area (Å²) in [7, 11) is -2.69. The molecule has 0 saturated heterocycles. The summed E-state index contributed by atoms with van der Waals surface area (Å²) >= 11 is 0. The number of hydrogen-bond donors (Lipinski definition) is 1. The van der Waals surface area contributed by atoms with Gasteiger partial charge < -0.3 is 0 Å². The third kappa shape index (κ3) is 2.28. The Hall–Kier alpha value is -0.900. The van der Waals surface area contributed by atoms with Gasteiger partial charge in [0.1, 0.15) is 5.03 Å². The Morgan fingerprint density at radius 2 is 2.15 bits per heavy atom. The van der Waals surface area contributed by atoms with E-state index in [0.29, 0.717) is 5.03 Å². The summed E-state index contributed by atoms with van der Waals surface area (Å²) in [5.74, 6) is 0.259. The van der Waals surface area contributed by atoms with Crippen molar-refractivity contribution in [3.8, 4) is 0 Å². The van der Waals surface area contributed by atoms with Crippen LogP contribution < -0.4 is 0 Å². The number of hydrogen-bond acceptors (Lipinski definition) is 3. The van der Waals surface area contributed by atoms with Gasteiger partial charge in [-0.25, -0.2) is 14.0 Å². The van der Waals surface area contributed by atoms with Gasteiger partial charge >= 0.3 is 0 Å². The first kappa shape index (κ1) is 10.2. The highest BCUT2D eigenvalue weighted by Crippen LogP contribution is 2.21. The molecular weight excluding hydrogens is 184 g/mol. The molecule has 0 aliphatic carbocycles. The SMILES string of the molecule is CC(C)c1cccnc1[S@@](C)(=N)=O.